The second-order valence-corrected chi connectivity index (χ2v) is 7.68. The van der Waals surface area contributed by atoms with Gasteiger partial charge in [0.15, 0.2) is 6.61 Å². The van der Waals surface area contributed by atoms with Crippen molar-refractivity contribution in [1.29, 1.82) is 0 Å². The van der Waals surface area contributed by atoms with Gasteiger partial charge >= 0.3 is 6.09 Å². The smallest absolute Gasteiger partial charge is 0.410 e. The Labute approximate surface area is 156 Å². The molecule has 0 radical (unpaired) electrons. The average molecular weight is 414 g/mol. The second kappa shape index (κ2) is 7.95. The number of nitrogens with zero attached hydrogens (tertiary/aromatic N) is 2. The summed E-state index contributed by atoms with van der Waals surface area (Å²) < 4.78 is 11.6. The van der Waals surface area contributed by atoms with Gasteiger partial charge in [-0.15, -0.1) is 0 Å². The van der Waals surface area contributed by atoms with E-state index in [-0.39, 0.29) is 18.6 Å². The van der Waals surface area contributed by atoms with Crippen molar-refractivity contribution >= 4 is 33.6 Å². The van der Waals surface area contributed by atoms with Crippen molar-refractivity contribution in [1.82, 2.24) is 9.80 Å². The number of carbonyl (C=O) groups is 2. The molecule has 1 aliphatic heterocycles. The molecule has 0 unspecified atom stereocenters. The maximum absolute atomic E-state index is 12.3. The predicted octanol–water partition coefficient (Wildman–Crippen LogP) is 2.49. The Morgan fingerprint density at radius 1 is 1.16 bits per heavy atom. The van der Waals surface area contributed by atoms with Gasteiger partial charge in [-0.05, 0) is 54.9 Å². The zero-order valence-corrected chi connectivity index (χ0v) is 16.3. The van der Waals surface area contributed by atoms with Crippen molar-refractivity contribution in [2.24, 2.45) is 0 Å². The Morgan fingerprint density at radius 3 is 2.32 bits per heavy atom. The predicted molar refractivity (Wildman–Crippen MR) is 98.4 cm³/mol. The van der Waals surface area contributed by atoms with E-state index in [1.54, 1.807) is 28.0 Å². The molecule has 2 N–H and O–H groups in total. The van der Waals surface area contributed by atoms with Gasteiger partial charge in [0.1, 0.15) is 11.4 Å². The molecular formula is C17H24BrN3O4. The number of rotatable bonds is 3. The van der Waals surface area contributed by atoms with Gasteiger partial charge < -0.3 is 25.0 Å². The fourth-order valence-electron chi connectivity index (χ4n) is 2.33. The van der Waals surface area contributed by atoms with E-state index in [4.69, 9.17) is 15.2 Å². The monoisotopic (exact) mass is 413 g/mol. The molecule has 2 rings (SSSR count). The highest BCUT2D eigenvalue weighted by atomic mass is 79.9. The summed E-state index contributed by atoms with van der Waals surface area (Å²) in [7, 11) is 0. The summed E-state index contributed by atoms with van der Waals surface area (Å²) in [5.74, 6) is 0.447. The third-order valence-corrected chi connectivity index (χ3v) is 4.21. The summed E-state index contributed by atoms with van der Waals surface area (Å²) in [6.07, 6.45) is -0.346. The molecule has 0 aliphatic carbocycles. The topological polar surface area (TPSA) is 85.1 Å². The second-order valence-electron chi connectivity index (χ2n) is 6.83. The average Bonchev–Trinajstić information content (AvgIpc) is 2.52. The summed E-state index contributed by atoms with van der Waals surface area (Å²) in [5, 5.41) is 0. The van der Waals surface area contributed by atoms with Crippen LogP contribution in [0.2, 0.25) is 0 Å². The molecule has 0 bridgehead atoms. The zero-order valence-electron chi connectivity index (χ0n) is 14.8. The summed E-state index contributed by atoms with van der Waals surface area (Å²) in [5.41, 5.74) is 5.76. The molecular weight excluding hydrogens is 390 g/mol. The number of benzene rings is 1. The number of amides is 2. The van der Waals surface area contributed by atoms with Gasteiger partial charge in [-0.3, -0.25) is 4.79 Å². The first-order chi connectivity index (χ1) is 11.7. The van der Waals surface area contributed by atoms with Crippen LogP contribution in [-0.4, -0.2) is 60.2 Å². The van der Waals surface area contributed by atoms with E-state index in [0.29, 0.717) is 42.1 Å². The van der Waals surface area contributed by atoms with Crippen molar-refractivity contribution in [3.63, 3.8) is 0 Å². The number of carbonyl (C=O) groups excluding carboxylic acids is 2. The minimum atomic E-state index is -0.523. The lowest BCUT2D eigenvalue weighted by molar-refractivity contribution is -0.135. The van der Waals surface area contributed by atoms with Gasteiger partial charge in [0, 0.05) is 31.9 Å². The van der Waals surface area contributed by atoms with Crippen LogP contribution in [0.4, 0.5) is 10.5 Å². The maximum Gasteiger partial charge on any atom is 0.410 e. The van der Waals surface area contributed by atoms with E-state index in [0.717, 1.165) is 0 Å². The molecule has 0 spiro atoms. The normalized spacial score (nSPS) is 15.0. The molecule has 1 aromatic carbocycles. The number of nitrogen functional groups attached to an aromatic ring is 1. The summed E-state index contributed by atoms with van der Waals surface area (Å²) in [6, 6.07) is 5.15. The summed E-state index contributed by atoms with van der Waals surface area (Å²) >= 11 is 3.35. The van der Waals surface area contributed by atoms with Crippen LogP contribution < -0.4 is 10.5 Å². The molecule has 1 aliphatic rings. The van der Waals surface area contributed by atoms with Crippen LogP contribution in [0.1, 0.15) is 20.8 Å². The highest BCUT2D eigenvalue weighted by molar-refractivity contribution is 9.10. The summed E-state index contributed by atoms with van der Waals surface area (Å²) in [4.78, 5) is 27.6. The SMILES string of the molecule is CC(C)(C)OC(=O)N1CCN(C(=O)COc2ccc(N)cc2Br)CC1. The Morgan fingerprint density at radius 2 is 1.76 bits per heavy atom. The number of piperazine rings is 1. The quantitative estimate of drug-likeness (QED) is 0.769. The molecule has 0 saturated carbocycles. The highest BCUT2D eigenvalue weighted by Crippen LogP contribution is 2.26. The summed E-state index contributed by atoms with van der Waals surface area (Å²) in [6.45, 7) is 7.26. The molecule has 1 heterocycles. The molecule has 25 heavy (non-hydrogen) atoms. The number of hydrogen-bond acceptors (Lipinski definition) is 5. The van der Waals surface area contributed by atoms with Crippen LogP contribution >= 0.6 is 15.9 Å². The largest absolute Gasteiger partial charge is 0.483 e. The Balaban J connectivity index is 1.80. The fourth-order valence-corrected chi connectivity index (χ4v) is 2.84. The minimum absolute atomic E-state index is 0.0606. The molecule has 2 amide bonds. The van der Waals surface area contributed by atoms with E-state index < -0.39 is 5.60 Å². The van der Waals surface area contributed by atoms with E-state index in [2.05, 4.69) is 15.9 Å². The van der Waals surface area contributed by atoms with Gasteiger partial charge in [-0.2, -0.15) is 0 Å². The van der Waals surface area contributed by atoms with Crippen LogP contribution in [0.25, 0.3) is 0 Å². The van der Waals surface area contributed by atoms with E-state index >= 15 is 0 Å². The van der Waals surface area contributed by atoms with E-state index in [1.165, 1.54) is 0 Å². The highest BCUT2D eigenvalue weighted by Gasteiger charge is 2.27. The molecule has 1 aromatic rings. The lowest BCUT2D eigenvalue weighted by atomic mass is 10.2. The van der Waals surface area contributed by atoms with Crippen LogP contribution in [0.3, 0.4) is 0 Å². The molecule has 1 fully saturated rings. The number of ether oxygens (including phenoxy) is 2. The first-order valence-corrected chi connectivity index (χ1v) is 8.88. The van der Waals surface area contributed by atoms with Crippen molar-refractivity contribution in [3.8, 4) is 5.75 Å². The van der Waals surface area contributed by atoms with E-state index in [1.807, 2.05) is 20.8 Å². The number of hydrogen-bond donors (Lipinski definition) is 1. The van der Waals surface area contributed by atoms with Crippen molar-refractivity contribution in [3.05, 3.63) is 22.7 Å². The standard InChI is InChI=1S/C17H24BrN3O4/c1-17(2,3)25-16(23)21-8-6-20(7-9-21)15(22)11-24-14-5-4-12(19)10-13(14)18/h4-5,10H,6-9,11,19H2,1-3H3. The van der Waals surface area contributed by atoms with Crippen molar-refractivity contribution in [2.45, 2.75) is 26.4 Å². The molecule has 7 nitrogen and oxygen atoms in total. The minimum Gasteiger partial charge on any atom is -0.483 e. The third-order valence-electron chi connectivity index (χ3n) is 3.59. The van der Waals surface area contributed by atoms with Crippen molar-refractivity contribution in [2.75, 3.05) is 38.5 Å². The molecule has 0 atom stereocenters. The van der Waals surface area contributed by atoms with Gasteiger partial charge in [-0.1, -0.05) is 0 Å². The van der Waals surface area contributed by atoms with Crippen LogP contribution in [0.15, 0.2) is 22.7 Å². The van der Waals surface area contributed by atoms with Gasteiger partial charge in [0.05, 0.1) is 4.47 Å². The first-order valence-electron chi connectivity index (χ1n) is 8.09. The third kappa shape index (κ3) is 5.81. The number of anilines is 1. The molecule has 0 aromatic heterocycles. The van der Waals surface area contributed by atoms with Crippen LogP contribution in [-0.2, 0) is 9.53 Å². The van der Waals surface area contributed by atoms with Gasteiger partial charge in [-0.25, -0.2) is 4.79 Å². The van der Waals surface area contributed by atoms with Crippen molar-refractivity contribution < 1.29 is 19.1 Å². The molecule has 1 saturated heterocycles. The van der Waals surface area contributed by atoms with Gasteiger partial charge in [0.25, 0.3) is 5.91 Å². The first kappa shape index (κ1) is 19.4. The zero-order chi connectivity index (χ0) is 18.6. The molecule has 138 valence electrons. The Kier molecular flexibility index (Phi) is 6.16. The van der Waals surface area contributed by atoms with E-state index in [9.17, 15) is 9.59 Å². The maximum atomic E-state index is 12.3. The van der Waals surface area contributed by atoms with Crippen LogP contribution in [0, 0.1) is 0 Å². The lowest BCUT2D eigenvalue weighted by Crippen LogP contribution is -2.52. The molecule has 8 heteroatoms. The fraction of sp³-hybridized carbons (Fsp3) is 0.529. The Bertz CT molecular complexity index is 637. The number of nitrogens with two attached hydrogens (primary N) is 1. The van der Waals surface area contributed by atoms with Gasteiger partial charge in [0.2, 0.25) is 0 Å². The lowest BCUT2D eigenvalue weighted by Gasteiger charge is -2.35. The Hall–Kier alpha value is -1.96. The van der Waals surface area contributed by atoms with Crippen LogP contribution in [0.5, 0.6) is 5.75 Å². The number of halogens is 1.